The quantitative estimate of drug-likeness (QED) is 0.0228. The van der Waals surface area contributed by atoms with Crippen molar-refractivity contribution in [2.24, 2.45) is 0 Å². The van der Waals surface area contributed by atoms with Gasteiger partial charge < -0.3 is 39.0 Å². The molecule has 12 nitrogen and oxygen atoms in total. The first-order chi connectivity index (χ1) is 37.6. The van der Waals surface area contributed by atoms with Crippen LogP contribution in [0.3, 0.4) is 0 Å². The Labute approximate surface area is 468 Å². The summed E-state index contributed by atoms with van der Waals surface area (Å²) < 4.78 is 28.4. The van der Waals surface area contributed by atoms with E-state index in [-0.39, 0.29) is 25.9 Å². The number of unbranched alkanes of at least 4 members (excludes halogenated alkanes) is 29. The van der Waals surface area contributed by atoms with Gasteiger partial charge in [-0.05, 0) is 70.6 Å². The van der Waals surface area contributed by atoms with Crippen LogP contribution in [0.2, 0.25) is 0 Å². The standard InChI is InChI=1S/C65H112O12/c1-4-7-10-13-16-19-22-25-27-28-29-30-32-34-36-39-42-45-48-51-57(66)73-54-56(75-58(67)52-49-46-43-40-38-35-31-26-23-20-17-14-11-8-5-2)55-74-65-63(61(70)60(69)62(77-65)64(71)72)76-59(68)53-50-47-44-41-37-33-24-21-18-15-12-9-6-3/h9,12,18,21,25,27,33,37,44,47,56,60-63,65,69-70H,4-8,10-11,13-17,19-20,22-24,26,28-32,34-36,38-43,45-46,48-55H2,1-3H3,(H,71,72)/b12-9-,21-18-,27-25-,37-33-,47-44-. The smallest absolute Gasteiger partial charge is 0.335 e. The third-order valence-electron chi connectivity index (χ3n) is 14.1. The molecule has 0 aromatic rings. The van der Waals surface area contributed by atoms with E-state index in [0.717, 1.165) is 57.8 Å². The summed E-state index contributed by atoms with van der Waals surface area (Å²) in [7, 11) is 0. The molecule has 1 aliphatic heterocycles. The zero-order valence-electron chi connectivity index (χ0n) is 49.0. The predicted molar refractivity (Wildman–Crippen MR) is 312 cm³/mol. The second-order valence-electron chi connectivity index (χ2n) is 21.3. The molecule has 0 aromatic carbocycles. The zero-order valence-corrected chi connectivity index (χ0v) is 49.0. The van der Waals surface area contributed by atoms with E-state index < -0.39 is 67.3 Å². The van der Waals surface area contributed by atoms with Crippen molar-refractivity contribution in [3.8, 4) is 0 Å². The largest absolute Gasteiger partial charge is 0.479 e. The normalized spacial score (nSPS) is 18.4. The number of hydrogen-bond acceptors (Lipinski definition) is 11. The summed E-state index contributed by atoms with van der Waals surface area (Å²) in [5.74, 6) is -3.21. The fourth-order valence-electron chi connectivity index (χ4n) is 9.32. The van der Waals surface area contributed by atoms with E-state index >= 15 is 0 Å². The molecule has 0 aliphatic carbocycles. The fourth-order valence-corrected chi connectivity index (χ4v) is 9.32. The van der Waals surface area contributed by atoms with Crippen molar-refractivity contribution < 1.29 is 58.2 Å². The molecule has 6 unspecified atom stereocenters. The first kappa shape index (κ1) is 71.4. The van der Waals surface area contributed by atoms with Crippen LogP contribution in [0.15, 0.2) is 60.8 Å². The highest BCUT2D eigenvalue weighted by molar-refractivity contribution is 5.74. The maximum atomic E-state index is 13.2. The molecule has 12 heteroatoms. The molecular weight excluding hydrogens is 973 g/mol. The average molecular weight is 1090 g/mol. The van der Waals surface area contributed by atoms with Crippen LogP contribution in [-0.4, -0.2) is 89.2 Å². The Balaban J connectivity index is 2.68. The van der Waals surface area contributed by atoms with Crippen molar-refractivity contribution in [2.45, 2.75) is 314 Å². The number of ether oxygens (including phenoxy) is 5. The van der Waals surface area contributed by atoms with Gasteiger partial charge in [0, 0.05) is 19.3 Å². The van der Waals surface area contributed by atoms with Gasteiger partial charge in [-0.2, -0.15) is 0 Å². The Morgan fingerprint density at radius 3 is 1.30 bits per heavy atom. The number of allylic oxidation sites excluding steroid dienone is 10. The van der Waals surface area contributed by atoms with Crippen LogP contribution in [0, 0.1) is 0 Å². The number of hydrogen-bond donors (Lipinski definition) is 3. The molecule has 1 saturated heterocycles. The highest BCUT2D eigenvalue weighted by Gasteiger charge is 2.50. The number of aliphatic hydroxyl groups is 2. The molecule has 0 bridgehead atoms. The number of esters is 3. The number of carboxylic acids is 1. The van der Waals surface area contributed by atoms with Crippen molar-refractivity contribution >= 4 is 23.9 Å². The van der Waals surface area contributed by atoms with Gasteiger partial charge in [0.2, 0.25) is 0 Å². The van der Waals surface area contributed by atoms with Gasteiger partial charge in [0.15, 0.2) is 24.6 Å². The molecule has 3 N–H and O–H groups in total. The van der Waals surface area contributed by atoms with Crippen molar-refractivity contribution in [3.63, 3.8) is 0 Å². The zero-order chi connectivity index (χ0) is 56.1. The summed E-state index contributed by atoms with van der Waals surface area (Å²) in [6.45, 7) is 5.86. The van der Waals surface area contributed by atoms with Crippen molar-refractivity contribution in [1.82, 2.24) is 0 Å². The molecule has 0 amide bonds. The van der Waals surface area contributed by atoms with Gasteiger partial charge in [0.25, 0.3) is 0 Å². The van der Waals surface area contributed by atoms with Crippen LogP contribution < -0.4 is 0 Å². The van der Waals surface area contributed by atoms with Crippen LogP contribution in [0.1, 0.15) is 278 Å². The number of aliphatic carboxylic acids is 1. The summed E-state index contributed by atoms with van der Waals surface area (Å²) >= 11 is 0. The lowest BCUT2D eigenvalue weighted by Crippen LogP contribution is -2.61. The molecule has 1 aliphatic rings. The minimum absolute atomic E-state index is 0.0597. The van der Waals surface area contributed by atoms with Gasteiger partial charge >= 0.3 is 23.9 Å². The molecule has 1 rings (SSSR count). The van der Waals surface area contributed by atoms with E-state index in [2.05, 4.69) is 63.3 Å². The fraction of sp³-hybridized carbons (Fsp3) is 0.785. The number of rotatable bonds is 53. The van der Waals surface area contributed by atoms with Crippen LogP contribution in [0.5, 0.6) is 0 Å². The minimum atomic E-state index is -1.93. The molecule has 1 heterocycles. The van der Waals surface area contributed by atoms with Gasteiger partial charge in [0.1, 0.15) is 18.8 Å². The Kier molecular flexibility index (Phi) is 49.2. The van der Waals surface area contributed by atoms with E-state index in [0.29, 0.717) is 25.7 Å². The molecule has 77 heavy (non-hydrogen) atoms. The van der Waals surface area contributed by atoms with Crippen LogP contribution in [-0.2, 0) is 42.9 Å². The molecule has 0 spiro atoms. The van der Waals surface area contributed by atoms with Gasteiger partial charge in [-0.15, -0.1) is 0 Å². The van der Waals surface area contributed by atoms with Crippen LogP contribution >= 0.6 is 0 Å². The second-order valence-corrected chi connectivity index (χ2v) is 21.3. The molecule has 1 fully saturated rings. The summed E-state index contributed by atoms with van der Waals surface area (Å²) in [4.78, 5) is 51.2. The lowest BCUT2D eigenvalue weighted by molar-refractivity contribution is -0.301. The Morgan fingerprint density at radius 1 is 0.442 bits per heavy atom. The summed E-state index contributed by atoms with van der Waals surface area (Å²) in [6.07, 6.45) is 53.5. The molecular formula is C65H112O12. The average Bonchev–Trinajstić information content (AvgIpc) is 3.42. The third-order valence-corrected chi connectivity index (χ3v) is 14.1. The molecule has 0 saturated carbocycles. The van der Waals surface area contributed by atoms with Gasteiger partial charge in [-0.25, -0.2) is 4.79 Å². The predicted octanol–water partition coefficient (Wildman–Crippen LogP) is 16.3. The topological polar surface area (TPSA) is 175 Å². The van der Waals surface area contributed by atoms with E-state index in [1.807, 2.05) is 18.2 Å². The molecule has 444 valence electrons. The number of carbonyl (C=O) groups excluding carboxylic acids is 3. The lowest BCUT2D eigenvalue weighted by atomic mass is 9.98. The highest BCUT2D eigenvalue weighted by atomic mass is 16.7. The summed E-state index contributed by atoms with van der Waals surface area (Å²) in [6, 6.07) is 0. The van der Waals surface area contributed by atoms with E-state index in [1.165, 1.54) is 154 Å². The first-order valence-corrected chi connectivity index (χ1v) is 31.3. The molecule has 6 atom stereocenters. The maximum Gasteiger partial charge on any atom is 0.335 e. The maximum absolute atomic E-state index is 13.2. The summed E-state index contributed by atoms with van der Waals surface area (Å²) in [5.41, 5.74) is 0. The second kappa shape index (κ2) is 53.1. The first-order valence-electron chi connectivity index (χ1n) is 31.3. The van der Waals surface area contributed by atoms with E-state index in [1.54, 1.807) is 0 Å². The van der Waals surface area contributed by atoms with Crippen LogP contribution in [0.25, 0.3) is 0 Å². The SMILES string of the molecule is CC/C=C\C/C=C\C/C=C\C/C=C\CCC(=O)OC1C(OCC(COC(=O)CCCCCCCCCCC/C=C\CCCCCCCC)OC(=O)CCCCCCCCCCCCCCCCC)OC(C(=O)O)C(O)C1O. The lowest BCUT2D eigenvalue weighted by Gasteiger charge is -2.40. The monoisotopic (exact) mass is 1080 g/mol. The van der Waals surface area contributed by atoms with Gasteiger partial charge in [-0.3, -0.25) is 14.4 Å². The number of carbonyl (C=O) groups is 4. The third kappa shape index (κ3) is 43.0. The highest BCUT2D eigenvalue weighted by Crippen LogP contribution is 2.26. The van der Waals surface area contributed by atoms with E-state index in [9.17, 15) is 34.5 Å². The van der Waals surface area contributed by atoms with Gasteiger partial charge in [-0.1, -0.05) is 248 Å². The summed E-state index contributed by atoms with van der Waals surface area (Å²) in [5, 5.41) is 31.5. The van der Waals surface area contributed by atoms with Crippen molar-refractivity contribution in [1.29, 1.82) is 0 Å². The van der Waals surface area contributed by atoms with Gasteiger partial charge in [0.05, 0.1) is 6.61 Å². The van der Waals surface area contributed by atoms with Crippen molar-refractivity contribution in [3.05, 3.63) is 60.8 Å². The Hall–Kier alpha value is -3.58. The minimum Gasteiger partial charge on any atom is -0.479 e. The molecule has 0 aromatic heterocycles. The van der Waals surface area contributed by atoms with Crippen LogP contribution in [0.4, 0.5) is 0 Å². The molecule has 0 radical (unpaired) electrons. The van der Waals surface area contributed by atoms with Crippen molar-refractivity contribution in [2.75, 3.05) is 13.2 Å². The Bertz CT molecular complexity index is 1570. The van der Waals surface area contributed by atoms with E-state index in [4.69, 9.17) is 23.7 Å². The number of aliphatic hydroxyl groups excluding tert-OH is 2. The Morgan fingerprint density at radius 2 is 0.844 bits per heavy atom. The number of carboxylic acid groups (broad SMARTS) is 1.